The summed E-state index contributed by atoms with van der Waals surface area (Å²) < 4.78 is 6.64. The van der Waals surface area contributed by atoms with Gasteiger partial charge in [-0.05, 0) is 60.7 Å². The minimum atomic E-state index is 0.762. The first-order valence-electron chi connectivity index (χ1n) is 8.76. The largest absolute Gasteiger partial charge is 0.378 e. The standard InChI is InChI=1S/C21H19ClN2OS2/c22-16-1-7-19(8-2-16)26-21-10-9-20(27-21)15-23-17-3-5-18(6-4-17)24-11-13-25-14-12-24/h1-10,15H,11-14H2. The third-order valence-electron chi connectivity index (χ3n) is 4.20. The van der Waals surface area contributed by atoms with Crippen LogP contribution in [0.25, 0.3) is 0 Å². The van der Waals surface area contributed by atoms with Crippen LogP contribution in [-0.2, 0) is 4.74 Å². The van der Waals surface area contributed by atoms with E-state index in [0.29, 0.717) is 0 Å². The predicted molar refractivity (Wildman–Crippen MR) is 117 cm³/mol. The van der Waals surface area contributed by atoms with Crippen LogP contribution in [0.15, 0.2) is 74.8 Å². The molecule has 1 saturated heterocycles. The summed E-state index contributed by atoms with van der Waals surface area (Å²) in [5.74, 6) is 0. The van der Waals surface area contributed by atoms with Crippen molar-refractivity contribution in [3.05, 3.63) is 70.6 Å². The third kappa shape index (κ3) is 5.14. The Morgan fingerprint density at radius 3 is 2.44 bits per heavy atom. The molecule has 0 atom stereocenters. The van der Waals surface area contributed by atoms with Crippen LogP contribution < -0.4 is 4.90 Å². The van der Waals surface area contributed by atoms with Crippen LogP contribution in [0.1, 0.15) is 4.88 Å². The molecule has 0 N–H and O–H groups in total. The van der Waals surface area contributed by atoms with Gasteiger partial charge in [0.1, 0.15) is 0 Å². The molecule has 1 aliphatic rings. The van der Waals surface area contributed by atoms with E-state index in [-0.39, 0.29) is 0 Å². The van der Waals surface area contributed by atoms with Crippen molar-refractivity contribution in [2.45, 2.75) is 9.10 Å². The minimum absolute atomic E-state index is 0.762. The maximum Gasteiger partial charge on any atom is 0.0653 e. The molecule has 0 radical (unpaired) electrons. The van der Waals surface area contributed by atoms with E-state index in [0.717, 1.165) is 41.9 Å². The lowest BCUT2D eigenvalue weighted by atomic mass is 10.2. The first-order valence-corrected chi connectivity index (χ1v) is 10.8. The second kappa shape index (κ2) is 8.93. The fourth-order valence-corrected chi connectivity index (χ4v) is 4.91. The Morgan fingerprint density at radius 2 is 1.70 bits per heavy atom. The number of benzene rings is 2. The highest BCUT2D eigenvalue weighted by Crippen LogP contribution is 2.33. The van der Waals surface area contributed by atoms with Gasteiger partial charge < -0.3 is 9.64 Å². The Hall–Kier alpha value is -1.79. The van der Waals surface area contributed by atoms with Crippen molar-refractivity contribution in [2.24, 2.45) is 4.99 Å². The van der Waals surface area contributed by atoms with Gasteiger partial charge in [0, 0.05) is 39.8 Å². The summed E-state index contributed by atoms with van der Waals surface area (Å²) in [4.78, 5) is 9.28. The van der Waals surface area contributed by atoms with Crippen LogP contribution in [0.3, 0.4) is 0 Å². The summed E-state index contributed by atoms with van der Waals surface area (Å²) >= 11 is 9.41. The van der Waals surface area contributed by atoms with Crippen LogP contribution in [0.5, 0.6) is 0 Å². The summed E-state index contributed by atoms with van der Waals surface area (Å²) in [5, 5.41) is 0.762. The van der Waals surface area contributed by atoms with Crippen molar-refractivity contribution in [3.8, 4) is 0 Å². The maximum atomic E-state index is 5.94. The number of ether oxygens (including phenoxy) is 1. The molecule has 3 nitrogen and oxygen atoms in total. The molecular weight excluding hydrogens is 396 g/mol. The van der Waals surface area contributed by atoms with E-state index >= 15 is 0 Å². The molecule has 1 fully saturated rings. The second-order valence-electron chi connectivity index (χ2n) is 6.09. The number of nitrogens with zero attached hydrogens (tertiary/aromatic N) is 2. The summed E-state index contributed by atoms with van der Waals surface area (Å²) in [6.07, 6.45) is 1.93. The number of anilines is 1. The van der Waals surface area contributed by atoms with E-state index in [1.165, 1.54) is 14.8 Å². The van der Waals surface area contributed by atoms with Crippen molar-refractivity contribution in [1.82, 2.24) is 0 Å². The zero-order valence-electron chi connectivity index (χ0n) is 14.7. The highest BCUT2D eigenvalue weighted by atomic mass is 35.5. The Labute approximate surface area is 172 Å². The number of halogens is 1. The van der Waals surface area contributed by atoms with Crippen molar-refractivity contribution >= 4 is 52.3 Å². The smallest absolute Gasteiger partial charge is 0.0653 e. The average Bonchev–Trinajstić information content (AvgIpc) is 3.17. The van der Waals surface area contributed by atoms with Crippen LogP contribution in [-0.4, -0.2) is 32.5 Å². The molecule has 0 unspecified atom stereocenters. The Balaban J connectivity index is 1.38. The Kier molecular flexibility index (Phi) is 6.14. The molecule has 0 saturated carbocycles. The molecule has 1 aliphatic heterocycles. The molecule has 0 aliphatic carbocycles. The SMILES string of the molecule is Clc1ccc(Sc2ccc(C=Nc3ccc(N4CCOCC4)cc3)s2)cc1. The molecule has 4 rings (SSSR count). The summed E-state index contributed by atoms with van der Waals surface area (Å²) in [5.41, 5.74) is 2.20. The van der Waals surface area contributed by atoms with E-state index in [9.17, 15) is 0 Å². The lowest BCUT2D eigenvalue weighted by Gasteiger charge is -2.28. The van der Waals surface area contributed by atoms with Gasteiger partial charge in [-0.1, -0.05) is 23.4 Å². The molecule has 0 amide bonds. The van der Waals surface area contributed by atoms with Gasteiger partial charge in [0.05, 0.1) is 23.1 Å². The molecule has 138 valence electrons. The zero-order valence-corrected chi connectivity index (χ0v) is 17.1. The van der Waals surface area contributed by atoms with Crippen LogP contribution >= 0.6 is 34.7 Å². The van der Waals surface area contributed by atoms with Crippen LogP contribution in [0.4, 0.5) is 11.4 Å². The molecule has 0 spiro atoms. The Bertz CT molecular complexity index is 901. The number of morpholine rings is 1. The van der Waals surface area contributed by atoms with Crippen molar-refractivity contribution in [3.63, 3.8) is 0 Å². The van der Waals surface area contributed by atoms with Gasteiger partial charge >= 0.3 is 0 Å². The lowest BCUT2D eigenvalue weighted by molar-refractivity contribution is 0.122. The number of aliphatic imine (C=N–C) groups is 1. The van der Waals surface area contributed by atoms with E-state index < -0.39 is 0 Å². The Morgan fingerprint density at radius 1 is 0.963 bits per heavy atom. The zero-order chi connectivity index (χ0) is 18.5. The molecular formula is C21H19ClN2OS2. The van der Waals surface area contributed by atoms with Gasteiger partial charge in [-0.15, -0.1) is 11.3 Å². The van der Waals surface area contributed by atoms with Gasteiger partial charge in [-0.3, -0.25) is 4.99 Å². The minimum Gasteiger partial charge on any atom is -0.378 e. The predicted octanol–water partition coefficient (Wildman–Crippen LogP) is 6.14. The van der Waals surface area contributed by atoms with E-state index in [1.807, 2.05) is 30.5 Å². The normalized spacial score (nSPS) is 14.8. The van der Waals surface area contributed by atoms with Crippen molar-refractivity contribution in [1.29, 1.82) is 0 Å². The summed E-state index contributed by atoms with van der Waals surface area (Å²) in [6.45, 7) is 3.50. The van der Waals surface area contributed by atoms with Crippen LogP contribution in [0.2, 0.25) is 5.02 Å². The van der Waals surface area contributed by atoms with Gasteiger partial charge in [-0.25, -0.2) is 0 Å². The molecule has 3 aromatic rings. The molecule has 2 heterocycles. The summed E-state index contributed by atoms with van der Waals surface area (Å²) in [7, 11) is 0. The molecule has 0 bridgehead atoms. The van der Waals surface area contributed by atoms with Crippen LogP contribution in [0, 0.1) is 0 Å². The molecule has 27 heavy (non-hydrogen) atoms. The van der Waals surface area contributed by atoms with E-state index in [2.05, 4.69) is 46.3 Å². The molecule has 6 heteroatoms. The quantitative estimate of drug-likeness (QED) is 0.469. The van der Waals surface area contributed by atoms with Gasteiger partial charge in [-0.2, -0.15) is 0 Å². The number of rotatable bonds is 5. The van der Waals surface area contributed by atoms with Crippen molar-refractivity contribution in [2.75, 3.05) is 31.2 Å². The fourth-order valence-electron chi connectivity index (χ4n) is 2.79. The van der Waals surface area contributed by atoms with Gasteiger partial charge in [0.2, 0.25) is 0 Å². The van der Waals surface area contributed by atoms with Crippen molar-refractivity contribution < 1.29 is 4.74 Å². The summed E-state index contributed by atoms with van der Waals surface area (Å²) in [6, 6.07) is 20.5. The number of thiophene rings is 1. The highest BCUT2D eigenvalue weighted by molar-refractivity contribution is 8.01. The lowest BCUT2D eigenvalue weighted by Crippen LogP contribution is -2.36. The van der Waals surface area contributed by atoms with E-state index in [1.54, 1.807) is 23.1 Å². The third-order valence-corrected chi connectivity index (χ3v) is 6.61. The van der Waals surface area contributed by atoms with E-state index in [4.69, 9.17) is 16.3 Å². The first kappa shape index (κ1) is 18.6. The number of hydrogen-bond donors (Lipinski definition) is 0. The van der Waals surface area contributed by atoms with Gasteiger partial charge in [0.15, 0.2) is 0 Å². The number of hydrogen-bond acceptors (Lipinski definition) is 5. The monoisotopic (exact) mass is 414 g/mol. The average molecular weight is 415 g/mol. The second-order valence-corrected chi connectivity index (χ2v) is 9.01. The van der Waals surface area contributed by atoms with Gasteiger partial charge in [0.25, 0.3) is 0 Å². The highest BCUT2D eigenvalue weighted by Gasteiger charge is 2.10. The first-order chi connectivity index (χ1) is 13.3. The fraction of sp³-hybridized carbons (Fsp3) is 0.190. The topological polar surface area (TPSA) is 24.8 Å². The molecule has 2 aromatic carbocycles. The maximum absolute atomic E-state index is 5.94. The molecule has 1 aromatic heterocycles.